The fourth-order valence-corrected chi connectivity index (χ4v) is 2.57. The minimum atomic E-state index is 0.599. The van der Waals surface area contributed by atoms with Gasteiger partial charge in [-0.15, -0.1) is 0 Å². The van der Waals surface area contributed by atoms with Gasteiger partial charge < -0.3 is 10.1 Å². The first-order chi connectivity index (χ1) is 9.33. The fraction of sp³-hybridized carbons (Fsp3) is 0.267. The molecule has 1 aromatic heterocycles. The minimum Gasteiger partial charge on any atom is -0.492 e. The summed E-state index contributed by atoms with van der Waals surface area (Å²) in [6.45, 7) is 1.67. The van der Waals surface area contributed by atoms with Crippen LogP contribution in [0.2, 0.25) is 5.02 Å². The fourth-order valence-electron chi connectivity index (χ4n) is 2.40. The maximum absolute atomic E-state index is 5.87. The van der Waals surface area contributed by atoms with Gasteiger partial charge in [-0.3, -0.25) is 4.98 Å². The average Bonchev–Trinajstić information content (AvgIpc) is 2.88. The number of halogens is 1. The summed E-state index contributed by atoms with van der Waals surface area (Å²) in [6, 6.07) is 8.18. The van der Waals surface area contributed by atoms with Crippen molar-refractivity contribution in [1.82, 2.24) is 4.98 Å². The summed E-state index contributed by atoms with van der Waals surface area (Å²) < 4.78 is 5.68. The Morgan fingerprint density at radius 1 is 1.32 bits per heavy atom. The summed E-state index contributed by atoms with van der Waals surface area (Å²) in [5, 5.41) is 3.99. The van der Waals surface area contributed by atoms with Crippen molar-refractivity contribution in [2.24, 2.45) is 0 Å². The average molecular weight is 275 g/mol. The lowest BCUT2D eigenvalue weighted by atomic mass is 10.0. The number of ether oxygens (including phenoxy) is 1. The molecule has 0 bridgehead atoms. The monoisotopic (exact) mass is 274 g/mol. The Bertz CT molecular complexity index is 586. The number of pyridine rings is 1. The third kappa shape index (κ3) is 2.82. The number of nitrogens with zero attached hydrogens (tertiary/aromatic N) is 1. The van der Waals surface area contributed by atoms with Crippen LogP contribution in [0.4, 0.5) is 5.69 Å². The Labute approximate surface area is 117 Å². The van der Waals surface area contributed by atoms with Crippen molar-refractivity contribution in [3.05, 3.63) is 52.8 Å². The molecule has 1 aliphatic rings. The van der Waals surface area contributed by atoms with Crippen LogP contribution in [0, 0.1) is 0 Å². The van der Waals surface area contributed by atoms with Gasteiger partial charge >= 0.3 is 0 Å². The second-order valence-corrected chi connectivity index (χ2v) is 4.99. The molecule has 0 unspecified atom stereocenters. The van der Waals surface area contributed by atoms with Crippen LogP contribution in [0.25, 0.3) is 0 Å². The summed E-state index contributed by atoms with van der Waals surface area (Å²) in [4.78, 5) is 4.00. The van der Waals surface area contributed by atoms with E-state index in [0.717, 1.165) is 25.1 Å². The lowest BCUT2D eigenvalue weighted by Crippen LogP contribution is -2.03. The van der Waals surface area contributed by atoms with Crippen molar-refractivity contribution < 1.29 is 4.74 Å². The van der Waals surface area contributed by atoms with Gasteiger partial charge in [0.25, 0.3) is 0 Å². The van der Waals surface area contributed by atoms with Gasteiger partial charge in [-0.05, 0) is 23.6 Å². The molecule has 0 atom stereocenters. The van der Waals surface area contributed by atoms with E-state index in [9.17, 15) is 0 Å². The van der Waals surface area contributed by atoms with Crippen LogP contribution in [0.3, 0.4) is 0 Å². The topological polar surface area (TPSA) is 34.1 Å². The second-order valence-electron chi connectivity index (χ2n) is 4.56. The quantitative estimate of drug-likeness (QED) is 0.929. The van der Waals surface area contributed by atoms with Gasteiger partial charge in [-0.2, -0.15) is 0 Å². The Morgan fingerprint density at radius 3 is 3.16 bits per heavy atom. The van der Waals surface area contributed by atoms with E-state index in [0.29, 0.717) is 11.6 Å². The highest BCUT2D eigenvalue weighted by Gasteiger charge is 2.13. The number of anilines is 1. The number of benzene rings is 1. The smallest absolute Gasteiger partial charge is 0.139 e. The van der Waals surface area contributed by atoms with E-state index in [4.69, 9.17) is 16.3 Å². The lowest BCUT2D eigenvalue weighted by Gasteiger charge is -2.09. The van der Waals surface area contributed by atoms with Crippen LogP contribution in [0.15, 0.2) is 36.7 Å². The third-order valence-corrected chi connectivity index (χ3v) is 3.49. The van der Waals surface area contributed by atoms with Gasteiger partial charge in [-0.25, -0.2) is 0 Å². The zero-order valence-corrected chi connectivity index (χ0v) is 11.3. The Kier molecular flexibility index (Phi) is 3.56. The Balaban J connectivity index is 1.63. The zero-order valence-electron chi connectivity index (χ0n) is 10.5. The molecule has 98 valence electrons. The molecular weight excluding hydrogens is 260 g/mol. The number of fused-ring (bicyclic) bond motifs is 1. The van der Waals surface area contributed by atoms with Crippen molar-refractivity contribution in [2.45, 2.75) is 12.8 Å². The van der Waals surface area contributed by atoms with Gasteiger partial charge in [0.05, 0.1) is 17.8 Å². The normalized spacial score (nSPS) is 12.9. The van der Waals surface area contributed by atoms with E-state index in [1.165, 1.54) is 16.8 Å². The molecule has 1 aliphatic heterocycles. The molecule has 1 N–H and O–H groups in total. The zero-order chi connectivity index (χ0) is 13.1. The van der Waals surface area contributed by atoms with Crippen molar-refractivity contribution >= 4 is 17.3 Å². The van der Waals surface area contributed by atoms with Crippen molar-refractivity contribution in [1.29, 1.82) is 0 Å². The standard InChI is InChI=1S/C15H15ClN2O/c16-12-8-13(10-17-9-12)19-7-5-11-2-1-3-15-14(11)4-6-18-15/h1-3,8-10,18H,4-7H2. The van der Waals surface area contributed by atoms with Crippen LogP contribution in [0.5, 0.6) is 5.75 Å². The predicted octanol–water partition coefficient (Wildman–Crippen LogP) is 3.32. The van der Waals surface area contributed by atoms with Crippen LogP contribution >= 0.6 is 11.6 Å². The first-order valence-electron chi connectivity index (χ1n) is 6.41. The maximum Gasteiger partial charge on any atom is 0.139 e. The number of rotatable bonds is 4. The molecule has 1 aromatic carbocycles. The second kappa shape index (κ2) is 5.49. The minimum absolute atomic E-state index is 0.599. The molecule has 0 radical (unpaired) electrons. The molecule has 0 saturated carbocycles. The summed E-state index contributed by atoms with van der Waals surface area (Å²) in [6.07, 6.45) is 5.29. The van der Waals surface area contributed by atoms with Crippen LogP contribution in [-0.2, 0) is 12.8 Å². The lowest BCUT2D eigenvalue weighted by molar-refractivity contribution is 0.320. The van der Waals surface area contributed by atoms with Gasteiger partial charge in [-0.1, -0.05) is 23.7 Å². The molecule has 19 heavy (non-hydrogen) atoms. The maximum atomic E-state index is 5.87. The predicted molar refractivity (Wildman–Crippen MR) is 77.1 cm³/mol. The highest BCUT2D eigenvalue weighted by atomic mass is 35.5. The molecule has 0 fully saturated rings. The molecule has 3 rings (SSSR count). The molecule has 0 amide bonds. The van der Waals surface area contributed by atoms with Crippen LogP contribution < -0.4 is 10.1 Å². The largest absolute Gasteiger partial charge is 0.492 e. The third-order valence-electron chi connectivity index (χ3n) is 3.28. The van der Waals surface area contributed by atoms with E-state index in [1.54, 1.807) is 18.5 Å². The SMILES string of the molecule is Clc1cncc(OCCc2cccc3c2CCN3)c1. The molecule has 0 spiro atoms. The van der Waals surface area contributed by atoms with E-state index in [2.05, 4.69) is 28.5 Å². The molecule has 4 heteroatoms. The van der Waals surface area contributed by atoms with Gasteiger partial charge in [0, 0.05) is 30.9 Å². The molecule has 0 aliphatic carbocycles. The highest BCUT2D eigenvalue weighted by Crippen LogP contribution is 2.26. The molecular formula is C15H15ClN2O. The van der Waals surface area contributed by atoms with Gasteiger partial charge in [0.1, 0.15) is 5.75 Å². The summed E-state index contributed by atoms with van der Waals surface area (Å²) in [7, 11) is 0. The van der Waals surface area contributed by atoms with Gasteiger partial charge in [0.2, 0.25) is 0 Å². The molecule has 3 nitrogen and oxygen atoms in total. The molecule has 2 heterocycles. The van der Waals surface area contributed by atoms with Crippen molar-refractivity contribution in [3.8, 4) is 5.75 Å². The van der Waals surface area contributed by atoms with Crippen LogP contribution in [-0.4, -0.2) is 18.1 Å². The summed E-state index contributed by atoms with van der Waals surface area (Å²) >= 11 is 5.87. The summed E-state index contributed by atoms with van der Waals surface area (Å²) in [5.41, 5.74) is 4.05. The van der Waals surface area contributed by atoms with Crippen LogP contribution in [0.1, 0.15) is 11.1 Å². The van der Waals surface area contributed by atoms with E-state index in [1.807, 2.05) is 0 Å². The Morgan fingerprint density at radius 2 is 2.26 bits per heavy atom. The highest BCUT2D eigenvalue weighted by molar-refractivity contribution is 6.30. The summed E-state index contributed by atoms with van der Waals surface area (Å²) in [5.74, 6) is 0.721. The number of nitrogens with one attached hydrogen (secondary N) is 1. The van der Waals surface area contributed by atoms with Crippen molar-refractivity contribution in [2.75, 3.05) is 18.5 Å². The molecule has 0 saturated heterocycles. The first-order valence-corrected chi connectivity index (χ1v) is 6.79. The number of hydrogen-bond donors (Lipinski definition) is 1. The van der Waals surface area contributed by atoms with E-state index < -0.39 is 0 Å². The number of hydrogen-bond acceptors (Lipinski definition) is 3. The van der Waals surface area contributed by atoms with Crippen molar-refractivity contribution in [3.63, 3.8) is 0 Å². The van der Waals surface area contributed by atoms with E-state index in [-0.39, 0.29) is 0 Å². The number of aromatic nitrogens is 1. The first kappa shape index (κ1) is 12.3. The van der Waals surface area contributed by atoms with E-state index >= 15 is 0 Å². The van der Waals surface area contributed by atoms with Gasteiger partial charge in [0.15, 0.2) is 0 Å². The molecule has 2 aromatic rings. The Hall–Kier alpha value is -1.74.